The van der Waals surface area contributed by atoms with Crippen molar-refractivity contribution in [2.45, 2.75) is 19.5 Å². The minimum atomic E-state index is -1.08. The standard InChI is InChI=1S/C18H22N4O3/c1-14(22-16(18(24)25)7-8-19-22)17(23)21-11-9-20(10-12-21)13-15-5-3-2-4-6-15/h2-8,14H,9-13H2,1H3,(H,24,25). The Morgan fingerprint density at radius 2 is 1.80 bits per heavy atom. The van der Waals surface area contributed by atoms with Gasteiger partial charge in [0, 0.05) is 38.9 Å². The summed E-state index contributed by atoms with van der Waals surface area (Å²) in [5.41, 5.74) is 1.29. The van der Waals surface area contributed by atoms with E-state index in [0.717, 1.165) is 19.6 Å². The number of carbonyl (C=O) groups excluding carboxylic acids is 1. The van der Waals surface area contributed by atoms with Crippen LogP contribution in [0.3, 0.4) is 0 Å². The second kappa shape index (κ2) is 7.48. The Morgan fingerprint density at radius 3 is 2.44 bits per heavy atom. The van der Waals surface area contributed by atoms with Gasteiger partial charge in [-0.15, -0.1) is 0 Å². The van der Waals surface area contributed by atoms with Crippen molar-refractivity contribution in [3.05, 3.63) is 53.9 Å². The van der Waals surface area contributed by atoms with E-state index < -0.39 is 12.0 Å². The van der Waals surface area contributed by atoms with Gasteiger partial charge < -0.3 is 10.0 Å². The Balaban J connectivity index is 1.58. The van der Waals surface area contributed by atoms with Gasteiger partial charge in [0.15, 0.2) is 0 Å². The fourth-order valence-corrected chi connectivity index (χ4v) is 3.13. The lowest BCUT2D eigenvalue weighted by atomic mass is 10.2. The summed E-state index contributed by atoms with van der Waals surface area (Å²) in [4.78, 5) is 28.0. The number of carbonyl (C=O) groups is 2. The zero-order chi connectivity index (χ0) is 17.8. The minimum Gasteiger partial charge on any atom is -0.477 e. The molecule has 0 saturated carbocycles. The fourth-order valence-electron chi connectivity index (χ4n) is 3.13. The third-order valence-electron chi connectivity index (χ3n) is 4.55. The van der Waals surface area contributed by atoms with Crippen LogP contribution in [0.1, 0.15) is 29.0 Å². The van der Waals surface area contributed by atoms with Crippen molar-refractivity contribution >= 4 is 11.9 Å². The highest BCUT2D eigenvalue weighted by atomic mass is 16.4. The van der Waals surface area contributed by atoms with Crippen molar-refractivity contribution in [2.75, 3.05) is 26.2 Å². The Morgan fingerprint density at radius 1 is 1.12 bits per heavy atom. The number of aromatic nitrogens is 2. The van der Waals surface area contributed by atoms with E-state index in [0.29, 0.717) is 13.1 Å². The van der Waals surface area contributed by atoms with Crippen LogP contribution < -0.4 is 0 Å². The smallest absolute Gasteiger partial charge is 0.354 e. The molecule has 1 aromatic heterocycles. The van der Waals surface area contributed by atoms with Gasteiger partial charge in [-0.2, -0.15) is 5.10 Å². The van der Waals surface area contributed by atoms with Crippen LogP contribution in [0.4, 0.5) is 0 Å². The molecule has 3 rings (SSSR count). The number of aromatic carboxylic acids is 1. The number of carboxylic acids is 1. The molecular formula is C18H22N4O3. The number of piperazine rings is 1. The number of benzene rings is 1. The van der Waals surface area contributed by atoms with E-state index in [2.05, 4.69) is 22.1 Å². The molecule has 0 aliphatic carbocycles. The average molecular weight is 342 g/mol. The van der Waals surface area contributed by atoms with Crippen molar-refractivity contribution < 1.29 is 14.7 Å². The van der Waals surface area contributed by atoms with Gasteiger partial charge in [0.05, 0.1) is 0 Å². The first-order chi connectivity index (χ1) is 12.1. The molecule has 0 spiro atoms. The van der Waals surface area contributed by atoms with Crippen LogP contribution in [0, 0.1) is 0 Å². The van der Waals surface area contributed by atoms with E-state index in [1.54, 1.807) is 11.8 Å². The number of amides is 1. The highest BCUT2D eigenvalue weighted by Crippen LogP contribution is 2.15. The molecule has 1 N–H and O–H groups in total. The summed E-state index contributed by atoms with van der Waals surface area (Å²) in [5, 5.41) is 13.2. The third-order valence-corrected chi connectivity index (χ3v) is 4.55. The second-order valence-electron chi connectivity index (χ2n) is 6.23. The van der Waals surface area contributed by atoms with E-state index >= 15 is 0 Å². The van der Waals surface area contributed by atoms with Gasteiger partial charge in [0.2, 0.25) is 5.91 Å². The van der Waals surface area contributed by atoms with Crippen LogP contribution in [-0.2, 0) is 11.3 Å². The Bertz CT molecular complexity index is 736. The second-order valence-corrected chi connectivity index (χ2v) is 6.23. The summed E-state index contributed by atoms with van der Waals surface area (Å²) in [6.45, 7) is 5.45. The van der Waals surface area contributed by atoms with E-state index in [-0.39, 0.29) is 11.6 Å². The number of carboxylic acid groups (broad SMARTS) is 1. The van der Waals surface area contributed by atoms with Crippen LogP contribution >= 0.6 is 0 Å². The van der Waals surface area contributed by atoms with Crippen molar-refractivity contribution in [1.82, 2.24) is 19.6 Å². The lowest BCUT2D eigenvalue weighted by Gasteiger charge is -2.36. The van der Waals surface area contributed by atoms with Gasteiger partial charge in [-0.05, 0) is 18.6 Å². The maximum absolute atomic E-state index is 12.7. The molecule has 2 heterocycles. The monoisotopic (exact) mass is 342 g/mol. The van der Waals surface area contributed by atoms with E-state index in [1.165, 1.54) is 22.5 Å². The summed E-state index contributed by atoms with van der Waals surface area (Å²) < 4.78 is 1.28. The summed E-state index contributed by atoms with van der Waals surface area (Å²) in [5.74, 6) is -1.17. The normalized spacial score (nSPS) is 16.6. The van der Waals surface area contributed by atoms with Gasteiger partial charge in [-0.25, -0.2) is 9.48 Å². The molecule has 0 radical (unpaired) electrons. The molecule has 7 nitrogen and oxygen atoms in total. The van der Waals surface area contributed by atoms with Crippen molar-refractivity contribution in [3.8, 4) is 0 Å². The van der Waals surface area contributed by atoms with E-state index in [1.807, 2.05) is 18.2 Å². The topological polar surface area (TPSA) is 78.7 Å². The van der Waals surface area contributed by atoms with Crippen LogP contribution in [0.5, 0.6) is 0 Å². The molecule has 1 aliphatic rings. The quantitative estimate of drug-likeness (QED) is 0.891. The van der Waals surface area contributed by atoms with E-state index in [4.69, 9.17) is 0 Å². The predicted molar refractivity (Wildman–Crippen MR) is 92.2 cm³/mol. The molecule has 1 amide bonds. The number of hydrogen-bond donors (Lipinski definition) is 1. The van der Waals surface area contributed by atoms with Crippen LogP contribution in [0.2, 0.25) is 0 Å². The van der Waals surface area contributed by atoms with Gasteiger partial charge >= 0.3 is 5.97 Å². The van der Waals surface area contributed by atoms with Crippen LogP contribution in [0.25, 0.3) is 0 Å². The highest BCUT2D eigenvalue weighted by Gasteiger charge is 2.28. The predicted octanol–water partition coefficient (Wildman–Crippen LogP) is 1.49. The molecule has 2 aromatic rings. The van der Waals surface area contributed by atoms with Gasteiger partial charge in [-0.1, -0.05) is 30.3 Å². The van der Waals surface area contributed by atoms with E-state index in [9.17, 15) is 14.7 Å². The van der Waals surface area contributed by atoms with Gasteiger partial charge in [-0.3, -0.25) is 9.69 Å². The van der Waals surface area contributed by atoms with Crippen LogP contribution in [-0.4, -0.2) is 62.7 Å². The summed E-state index contributed by atoms with van der Waals surface area (Å²) in [7, 11) is 0. The van der Waals surface area contributed by atoms with Crippen molar-refractivity contribution in [1.29, 1.82) is 0 Å². The van der Waals surface area contributed by atoms with Crippen molar-refractivity contribution in [2.24, 2.45) is 0 Å². The molecule has 1 aromatic carbocycles. The number of rotatable bonds is 5. The largest absolute Gasteiger partial charge is 0.477 e. The Hall–Kier alpha value is -2.67. The van der Waals surface area contributed by atoms with Crippen molar-refractivity contribution in [3.63, 3.8) is 0 Å². The molecule has 1 unspecified atom stereocenters. The maximum Gasteiger partial charge on any atom is 0.354 e. The molecule has 1 fully saturated rings. The van der Waals surface area contributed by atoms with Gasteiger partial charge in [0.25, 0.3) is 0 Å². The summed E-state index contributed by atoms with van der Waals surface area (Å²) >= 11 is 0. The first kappa shape index (κ1) is 17.2. The molecule has 132 valence electrons. The lowest BCUT2D eigenvalue weighted by Crippen LogP contribution is -2.50. The fraction of sp³-hybridized carbons (Fsp3) is 0.389. The zero-order valence-electron chi connectivity index (χ0n) is 14.2. The first-order valence-corrected chi connectivity index (χ1v) is 8.38. The molecular weight excluding hydrogens is 320 g/mol. The third kappa shape index (κ3) is 3.88. The Labute approximate surface area is 146 Å². The summed E-state index contributed by atoms with van der Waals surface area (Å²) in [6.07, 6.45) is 1.41. The molecule has 1 saturated heterocycles. The number of hydrogen-bond acceptors (Lipinski definition) is 4. The molecule has 7 heteroatoms. The minimum absolute atomic E-state index is 0.0311. The molecule has 1 aliphatic heterocycles. The number of nitrogens with zero attached hydrogens (tertiary/aromatic N) is 4. The van der Waals surface area contributed by atoms with Crippen LogP contribution in [0.15, 0.2) is 42.6 Å². The lowest BCUT2D eigenvalue weighted by molar-refractivity contribution is -0.136. The SMILES string of the molecule is CC(C(=O)N1CCN(Cc2ccccc2)CC1)n1nccc1C(=O)O. The molecule has 1 atom stereocenters. The summed E-state index contributed by atoms with van der Waals surface area (Å²) in [6, 6.07) is 11.0. The average Bonchev–Trinajstić information content (AvgIpc) is 3.12. The molecule has 0 bridgehead atoms. The zero-order valence-corrected chi connectivity index (χ0v) is 14.2. The maximum atomic E-state index is 12.7. The van der Waals surface area contributed by atoms with Gasteiger partial charge in [0.1, 0.15) is 11.7 Å². The Kier molecular flexibility index (Phi) is 5.14. The first-order valence-electron chi connectivity index (χ1n) is 8.38. The highest BCUT2D eigenvalue weighted by molar-refractivity contribution is 5.87. The molecule has 25 heavy (non-hydrogen) atoms.